The average Bonchev–Trinajstić information content (AvgIpc) is 3.13. The average molecular weight is 489 g/mol. The fraction of sp³-hybridized carbons (Fsp3) is 0.900. The Morgan fingerprint density at radius 3 is 2.38 bits per heavy atom. The number of hydrogen-bond donors (Lipinski definition) is 0. The molecule has 4 rings (SSSR count). The second-order valence-electron chi connectivity index (χ2n) is 14.5. The standard InChI is InChI=1S/C30H52O3Si/c1-20(19-33-34(8,9)28(2,3)4)24-12-13-25-23-11-10-22-18-21(27(31)32-7)14-16-29(22,5)26(23)15-17-30(24,25)6/h18,20,22-26H,10-17,19H2,1-9H3/t20?,22?,23-,24+,25-,26-,29-,30+/m0/s1. The van der Waals surface area contributed by atoms with Crippen molar-refractivity contribution in [3.05, 3.63) is 11.6 Å². The summed E-state index contributed by atoms with van der Waals surface area (Å²) >= 11 is 0. The van der Waals surface area contributed by atoms with Gasteiger partial charge in [-0.1, -0.05) is 47.6 Å². The molecular formula is C30H52O3Si. The first kappa shape index (κ1) is 26.4. The molecule has 0 radical (unpaired) electrons. The van der Waals surface area contributed by atoms with Gasteiger partial charge in [0.2, 0.25) is 0 Å². The van der Waals surface area contributed by atoms with Crippen molar-refractivity contribution in [2.24, 2.45) is 46.3 Å². The molecule has 0 N–H and O–H groups in total. The maximum absolute atomic E-state index is 12.2. The Bertz CT molecular complexity index is 810. The fourth-order valence-corrected chi connectivity index (χ4v) is 9.92. The van der Waals surface area contributed by atoms with Crippen molar-refractivity contribution in [1.82, 2.24) is 0 Å². The van der Waals surface area contributed by atoms with E-state index in [4.69, 9.17) is 9.16 Å². The molecule has 4 heteroatoms. The first-order valence-corrected chi connectivity index (χ1v) is 17.1. The van der Waals surface area contributed by atoms with Gasteiger partial charge in [-0.3, -0.25) is 0 Å². The first-order valence-electron chi connectivity index (χ1n) is 14.2. The summed E-state index contributed by atoms with van der Waals surface area (Å²) in [6.45, 7) is 20.5. The monoisotopic (exact) mass is 488 g/mol. The van der Waals surface area contributed by atoms with Crippen LogP contribution in [0.2, 0.25) is 18.1 Å². The number of allylic oxidation sites excluding steroid dienone is 1. The number of methoxy groups -OCH3 is 1. The first-order chi connectivity index (χ1) is 15.7. The molecule has 3 fully saturated rings. The maximum atomic E-state index is 12.2. The van der Waals surface area contributed by atoms with Gasteiger partial charge in [0.25, 0.3) is 0 Å². The van der Waals surface area contributed by atoms with Gasteiger partial charge in [-0.05, 0) is 116 Å². The van der Waals surface area contributed by atoms with Crippen LogP contribution in [0.1, 0.15) is 92.9 Å². The number of esters is 1. The molecule has 34 heavy (non-hydrogen) atoms. The highest BCUT2D eigenvalue weighted by Crippen LogP contribution is 2.68. The lowest BCUT2D eigenvalue weighted by Gasteiger charge is -2.60. The van der Waals surface area contributed by atoms with Gasteiger partial charge in [-0.25, -0.2) is 4.79 Å². The molecule has 0 bridgehead atoms. The minimum absolute atomic E-state index is 0.104. The predicted octanol–water partition coefficient (Wildman–Crippen LogP) is 8.01. The summed E-state index contributed by atoms with van der Waals surface area (Å²) in [4.78, 5) is 12.2. The van der Waals surface area contributed by atoms with Crippen molar-refractivity contribution in [2.75, 3.05) is 13.7 Å². The highest BCUT2D eigenvalue weighted by atomic mass is 28.4. The molecule has 0 heterocycles. The molecule has 0 spiro atoms. The van der Waals surface area contributed by atoms with E-state index in [1.165, 1.54) is 45.6 Å². The lowest BCUT2D eigenvalue weighted by Crippen LogP contribution is -2.53. The van der Waals surface area contributed by atoms with Gasteiger partial charge < -0.3 is 9.16 Å². The van der Waals surface area contributed by atoms with Gasteiger partial charge in [-0.2, -0.15) is 0 Å². The summed E-state index contributed by atoms with van der Waals surface area (Å²) in [6.07, 6.45) is 12.5. The van der Waals surface area contributed by atoms with Crippen molar-refractivity contribution < 1.29 is 14.0 Å². The minimum Gasteiger partial charge on any atom is -0.466 e. The van der Waals surface area contributed by atoms with Crippen LogP contribution in [0.3, 0.4) is 0 Å². The third kappa shape index (κ3) is 4.27. The fourth-order valence-electron chi connectivity index (χ4n) is 8.81. The largest absolute Gasteiger partial charge is 0.466 e. The van der Waals surface area contributed by atoms with Crippen LogP contribution in [-0.2, 0) is 14.0 Å². The van der Waals surface area contributed by atoms with Crippen molar-refractivity contribution in [3.8, 4) is 0 Å². The van der Waals surface area contributed by atoms with E-state index in [1.54, 1.807) is 0 Å². The van der Waals surface area contributed by atoms with Gasteiger partial charge in [0.1, 0.15) is 0 Å². The zero-order valence-electron chi connectivity index (χ0n) is 23.6. The molecule has 0 aliphatic heterocycles. The summed E-state index contributed by atoms with van der Waals surface area (Å²) in [5, 5.41) is 0.281. The number of rotatable bonds is 5. The molecule has 4 aliphatic carbocycles. The topological polar surface area (TPSA) is 35.5 Å². The Morgan fingerprint density at radius 1 is 1.06 bits per heavy atom. The number of ether oxygens (including phenoxy) is 1. The Hall–Kier alpha value is -0.613. The van der Waals surface area contributed by atoms with Crippen LogP contribution in [0.15, 0.2) is 11.6 Å². The van der Waals surface area contributed by atoms with E-state index >= 15 is 0 Å². The predicted molar refractivity (Wildman–Crippen MR) is 143 cm³/mol. The molecule has 2 unspecified atom stereocenters. The number of carbonyl (C=O) groups excluding carboxylic acids is 1. The van der Waals surface area contributed by atoms with Crippen LogP contribution in [0, 0.1) is 46.3 Å². The van der Waals surface area contributed by atoms with E-state index in [1.807, 2.05) is 0 Å². The lowest BCUT2D eigenvalue weighted by atomic mass is 9.45. The van der Waals surface area contributed by atoms with E-state index in [9.17, 15) is 4.79 Å². The normalized spacial score (nSPS) is 41.1. The molecule has 3 nitrogen and oxygen atoms in total. The molecule has 0 aromatic heterocycles. The molecule has 4 aliphatic rings. The van der Waals surface area contributed by atoms with Crippen LogP contribution in [0.25, 0.3) is 0 Å². The third-order valence-electron chi connectivity index (χ3n) is 12.0. The zero-order chi connectivity index (χ0) is 25.1. The smallest absolute Gasteiger partial charge is 0.333 e. The van der Waals surface area contributed by atoms with E-state index in [0.29, 0.717) is 22.7 Å². The zero-order valence-corrected chi connectivity index (χ0v) is 24.6. The van der Waals surface area contributed by atoms with Crippen LogP contribution in [-0.4, -0.2) is 28.0 Å². The summed E-state index contributed by atoms with van der Waals surface area (Å²) in [5.74, 6) is 4.45. The van der Waals surface area contributed by atoms with Gasteiger partial charge in [0, 0.05) is 12.2 Å². The SMILES string of the molecule is COC(=O)C1=CC2CC[C@H]3[C@@H]4CC[C@H](C(C)CO[Si](C)(C)C(C)(C)C)[C@@]4(C)CC[C@@H]3[C@@]2(C)CC1. The third-order valence-corrected chi connectivity index (χ3v) is 16.5. The van der Waals surface area contributed by atoms with Crippen LogP contribution in [0.5, 0.6) is 0 Å². The quantitative estimate of drug-likeness (QED) is 0.290. The highest BCUT2D eigenvalue weighted by Gasteiger charge is 2.60. The molecule has 3 saturated carbocycles. The minimum atomic E-state index is -1.70. The molecular weight excluding hydrogens is 436 g/mol. The van der Waals surface area contributed by atoms with Crippen LogP contribution >= 0.6 is 0 Å². The van der Waals surface area contributed by atoms with Gasteiger partial charge in [-0.15, -0.1) is 0 Å². The lowest BCUT2D eigenvalue weighted by molar-refractivity contribution is -0.137. The van der Waals surface area contributed by atoms with Gasteiger partial charge in [0.15, 0.2) is 8.32 Å². The summed E-state index contributed by atoms with van der Waals surface area (Å²) in [7, 11) is -0.181. The van der Waals surface area contributed by atoms with Gasteiger partial charge >= 0.3 is 5.97 Å². The maximum Gasteiger partial charge on any atom is 0.333 e. The molecule has 194 valence electrons. The Labute approximate surface area is 211 Å². The number of carbonyl (C=O) groups is 1. The highest BCUT2D eigenvalue weighted by molar-refractivity contribution is 6.74. The van der Waals surface area contributed by atoms with Gasteiger partial charge in [0.05, 0.1) is 7.11 Å². The van der Waals surface area contributed by atoms with Crippen molar-refractivity contribution in [1.29, 1.82) is 0 Å². The molecule has 0 saturated heterocycles. The molecule has 0 aromatic rings. The van der Waals surface area contributed by atoms with Crippen molar-refractivity contribution >= 4 is 14.3 Å². The summed E-state index contributed by atoms with van der Waals surface area (Å²) < 4.78 is 11.8. The number of fused-ring (bicyclic) bond motifs is 5. The summed E-state index contributed by atoms with van der Waals surface area (Å²) in [6, 6.07) is 0. The van der Waals surface area contributed by atoms with Crippen molar-refractivity contribution in [2.45, 2.75) is 111 Å². The second kappa shape index (κ2) is 9.05. The second-order valence-corrected chi connectivity index (χ2v) is 19.3. The van der Waals surface area contributed by atoms with E-state index in [2.05, 4.69) is 60.7 Å². The Kier molecular flexibility index (Phi) is 7.04. The molecule has 8 atom stereocenters. The summed E-state index contributed by atoms with van der Waals surface area (Å²) in [5.41, 5.74) is 1.76. The van der Waals surface area contributed by atoms with Crippen LogP contribution < -0.4 is 0 Å². The Morgan fingerprint density at radius 2 is 1.74 bits per heavy atom. The molecule has 0 aromatic carbocycles. The van der Waals surface area contributed by atoms with E-state index < -0.39 is 8.32 Å². The molecule has 0 amide bonds. The van der Waals surface area contributed by atoms with E-state index in [-0.39, 0.29) is 11.0 Å². The van der Waals surface area contributed by atoms with Crippen molar-refractivity contribution in [3.63, 3.8) is 0 Å². The number of hydrogen-bond acceptors (Lipinski definition) is 3. The van der Waals surface area contributed by atoms with E-state index in [0.717, 1.165) is 48.7 Å². The Balaban J connectivity index is 1.47. The van der Waals surface area contributed by atoms with Crippen LogP contribution in [0.4, 0.5) is 0 Å².